The minimum Gasteiger partial charge on any atom is -0.353 e. The molecule has 1 heterocycles. The highest BCUT2D eigenvalue weighted by atomic mass is 32.1. The highest BCUT2D eigenvalue weighted by Crippen LogP contribution is 2.48. The summed E-state index contributed by atoms with van der Waals surface area (Å²) in [7, 11) is 4.11. The van der Waals surface area contributed by atoms with E-state index in [0.717, 1.165) is 18.4 Å². The molecule has 0 spiro atoms. The van der Waals surface area contributed by atoms with Gasteiger partial charge in [-0.25, -0.2) is 0 Å². The van der Waals surface area contributed by atoms with Crippen LogP contribution in [0.25, 0.3) is 0 Å². The summed E-state index contributed by atoms with van der Waals surface area (Å²) in [6, 6.07) is 14.6. The van der Waals surface area contributed by atoms with Crippen LogP contribution in [0.5, 0.6) is 0 Å². The number of amides is 1. The molecule has 0 saturated heterocycles. The maximum Gasteiger partial charge on any atom is 0.230 e. The number of likely N-dealkylation sites (N-methyl/N-ethyl adjacent to an activating group) is 1. The Morgan fingerprint density at radius 2 is 1.95 bits per heavy atom. The van der Waals surface area contributed by atoms with Gasteiger partial charge in [-0.05, 0) is 43.9 Å². The lowest BCUT2D eigenvalue weighted by Gasteiger charge is -2.25. The number of nitrogens with one attached hydrogen (secondary N) is 1. The maximum absolute atomic E-state index is 12.7. The molecule has 4 heteroatoms. The molecule has 1 unspecified atom stereocenters. The van der Waals surface area contributed by atoms with Gasteiger partial charge in [-0.1, -0.05) is 36.4 Å². The van der Waals surface area contributed by atoms with Gasteiger partial charge in [0.15, 0.2) is 0 Å². The van der Waals surface area contributed by atoms with Crippen molar-refractivity contribution in [1.29, 1.82) is 0 Å². The molecule has 1 fully saturated rings. The van der Waals surface area contributed by atoms with E-state index in [1.807, 2.05) is 18.2 Å². The van der Waals surface area contributed by atoms with Crippen molar-refractivity contribution in [3.8, 4) is 0 Å². The first kappa shape index (κ1) is 15.3. The fourth-order valence-electron chi connectivity index (χ4n) is 2.91. The number of hydrogen-bond donors (Lipinski definition) is 1. The molecule has 1 aromatic heterocycles. The average molecular weight is 314 g/mol. The zero-order valence-electron chi connectivity index (χ0n) is 13.1. The molecule has 1 aliphatic carbocycles. The van der Waals surface area contributed by atoms with Gasteiger partial charge in [0.1, 0.15) is 0 Å². The van der Waals surface area contributed by atoms with E-state index in [9.17, 15) is 4.79 Å². The Labute approximate surface area is 136 Å². The lowest BCUT2D eigenvalue weighted by molar-refractivity contribution is -0.123. The molecule has 1 aromatic carbocycles. The Bertz CT molecular complexity index is 618. The van der Waals surface area contributed by atoms with E-state index in [-0.39, 0.29) is 17.4 Å². The molecule has 1 atom stereocenters. The summed E-state index contributed by atoms with van der Waals surface area (Å²) < 4.78 is 0. The largest absolute Gasteiger partial charge is 0.353 e. The van der Waals surface area contributed by atoms with Crippen molar-refractivity contribution >= 4 is 17.2 Å². The molecule has 116 valence electrons. The van der Waals surface area contributed by atoms with Crippen LogP contribution in [0.15, 0.2) is 47.8 Å². The van der Waals surface area contributed by atoms with Crippen molar-refractivity contribution in [2.75, 3.05) is 20.6 Å². The van der Waals surface area contributed by atoms with Crippen LogP contribution in [0.1, 0.15) is 29.3 Å². The van der Waals surface area contributed by atoms with Crippen molar-refractivity contribution in [3.63, 3.8) is 0 Å². The predicted molar refractivity (Wildman–Crippen MR) is 91.1 cm³/mol. The molecule has 3 nitrogen and oxygen atoms in total. The maximum atomic E-state index is 12.7. The van der Waals surface area contributed by atoms with Crippen molar-refractivity contribution in [2.45, 2.75) is 24.3 Å². The molecule has 1 aliphatic rings. The molecule has 0 aliphatic heterocycles. The molecule has 2 aromatic rings. The molecule has 1 saturated carbocycles. The zero-order valence-corrected chi connectivity index (χ0v) is 13.9. The molecular weight excluding hydrogens is 292 g/mol. The molecule has 1 amide bonds. The number of hydrogen-bond acceptors (Lipinski definition) is 3. The van der Waals surface area contributed by atoms with Crippen LogP contribution in [0.4, 0.5) is 0 Å². The second kappa shape index (κ2) is 6.23. The summed E-state index contributed by atoms with van der Waals surface area (Å²) in [4.78, 5) is 16.1. The number of benzene rings is 1. The molecule has 0 bridgehead atoms. The molecule has 1 N–H and O–H groups in total. The van der Waals surface area contributed by atoms with Crippen LogP contribution in [0.2, 0.25) is 0 Å². The summed E-state index contributed by atoms with van der Waals surface area (Å²) in [5, 5.41) is 5.26. The van der Waals surface area contributed by atoms with Crippen LogP contribution in [0.3, 0.4) is 0 Å². The Hall–Kier alpha value is -1.65. The van der Waals surface area contributed by atoms with E-state index >= 15 is 0 Å². The Morgan fingerprint density at radius 3 is 2.50 bits per heavy atom. The van der Waals surface area contributed by atoms with Crippen molar-refractivity contribution in [3.05, 3.63) is 58.3 Å². The van der Waals surface area contributed by atoms with Crippen LogP contribution in [-0.2, 0) is 10.2 Å². The standard InChI is InChI=1S/C18H22N2OS/c1-20(2)15(16-9-6-12-22-16)13-19-17(21)18(10-11-18)14-7-4-3-5-8-14/h3-9,12,15H,10-11,13H2,1-2H3,(H,19,21). The summed E-state index contributed by atoms with van der Waals surface area (Å²) >= 11 is 1.74. The minimum absolute atomic E-state index is 0.169. The number of nitrogens with zero attached hydrogens (tertiary/aromatic N) is 1. The average Bonchev–Trinajstić information content (AvgIpc) is 3.18. The predicted octanol–water partition coefficient (Wildman–Crippen LogP) is 3.20. The van der Waals surface area contributed by atoms with Gasteiger partial charge in [-0.2, -0.15) is 0 Å². The topological polar surface area (TPSA) is 32.3 Å². The van der Waals surface area contributed by atoms with Crippen LogP contribution >= 0.6 is 11.3 Å². The van der Waals surface area contributed by atoms with Gasteiger partial charge in [0, 0.05) is 11.4 Å². The highest BCUT2D eigenvalue weighted by molar-refractivity contribution is 7.10. The summed E-state index contributed by atoms with van der Waals surface area (Å²) in [6.07, 6.45) is 1.91. The molecule has 22 heavy (non-hydrogen) atoms. The van der Waals surface area contributed by atoms with Crippen molar-refractivity contribution < 1.29 is 4.79 Å². The smallest absolute Gasteiger partial charge is 0.230 e. The van der Waals surface area contributed by atoms with E-state index < -0.39 is 0 Å². The van der Waals surface area contributed by atoms with E-state index in [1.54, 1.807) is 11.3 Å². The Balaban J connectivity index is 1.67. The second-order valence-electron chi connectivity index (χ2n) is 6.15. The quantitative estimate of drug-likeness (QED) is 0.888. The van der Waals surface area contributed by atoms with Crippen LogP contribution < -0.4 is 5.32 Å². The third kappa shape index (κ3) is 2.94. The van der Waals surface area contributed by atoms with E-state index in [0.29, 0.717) is 6.54 Å². The van der Waals surface area contributed by atoms with Crippen molar-refractivity contribution in [1.82, 2.24) is 10.2 Å². The van der Waals surface area contributed by atoms with E-state index in [1.165, 1.54) is 4.88 Å². The van der Waals surface area contributed by atoms with Gasteiger partial charge in [-0.15, -0.1) is 11.3 Å². The number of thiophene rings is 1. The summed E-state index contributed by atoms with van der Waals surface area (Å²) in [6.45, 7) is 0.654. The third-order valence-electron chi connectivity index (χ3n) is 4.46. The molecule has 3 rings (SSSR count). The third-order valence-corrected chi connectivity index (χ3v) is 5.44. The van der Waals surface area contributed by atoms with Gasteiger partial charge >= 0.3 is 0 Å². The van der Waals surface area contributed by atoms with E-state index in [2.05, 4.69) is 54.0 Å². The number of rotatable bonds is 6. The number of carbonyl (C=O) groups is 1. The van der Waals surface area contributed by atoms with Crippen molar-refractivity contribution in [2.24, 2.45) is 0 Å². The molecular formula is C18H22N2OS. The van der Waals surface area contributed by atoms with E-state index in [4.69, 9.17) is 0 Å². The summed E-state index contributed by atoms with van der Waals surface area (Å²) in [5.41, 5.74) is 0.859. The van der Waals surface area contributed by atoms with Gasteiger partial charge in [0.05, 0.1) is 11.5 Å². The molecule has 0 radical (unpaired) electrons. The SMILES string of the molecule is CN(C)C(CNC(=O)C1(c2ccccc2)CC1)c1cccs1. The Morgan fingerprint density at radius 1 is 1.23 bits per heavy atom. The fraction of sp³-hybridized carbons (Fsp3) is 0.389. The number of carbonyl (C=O) groups excluding carboxylic acids is 1. The van der Waals surface area contributed by atoms with Crippen LogP contribution in [-0.4, -0.2) is 31.4 Å². The fourth-order valence-corrected chi connectivity index (χ4v) is 3.83. The zero-order chi connectivity index (χ0) is 15.6. The summed E-state index contributed by atoms with van der Waals surface area (Å²) in [5.74, 6) is 0.169. The monoisotopic (exact) mass is 314 g/mol. The first-order chi connectivity index (χ1) is 10.6. The first-order valence-corrected chi connectivity index (χ1v) is 8.55. The first-order valence-electron chi connectivity index (χ1n) is 7.67. The lowest BCUT2D eigenvalue weighted by Crippen LogP contribution is -2.39. The van der Waals surface area contributed by atoms with Crippen LogP contribution in [0, 0.1) is 0 Å². The lowest BCUT2D eigenvalue weighted by atomic mass is 9.95. The van der Waals surface area contributed by atoms with Gasteiger partial charge in [0.25, 0.3) is 0 Å². The second-order valence-corrected chi connectivity index (χ2v) is 7.13. The minimum atomic E-state index is -0.284. The Kier molecular flexibility index (Phi) is 4.32. The highest BCUT2D eigenvalue weighted by Gasteiger charge is 2.51. The normalized spacial score (nSPS) is 17.2. The van der Waals surface area contributed by atoms with Gasteiger partial charge in [0.2, 0.25) is 5.91 Å². The van der Waals surface area contributed by atoms with Gasteiger partial charge in [-0.3, -0.25) is 4.79 Å². The van der Waals surface area contributed by atoms with Gasteiger partial charge < -0.3 is 10.2 Å².